The van der Waals surface area contributed by atoms with E-state index in [4.69, 9.17) is 9.84 Å². The quantitative estimate of drug-likeness (QED) is 0.770. The summed E-state index contributed by atoms with van der Waals surface area (Å²) in [4.78, 5) is 3.90. The molecule has 0 saturated heterocycles. The standard InChI is InChI=1S/C13H17N3O4S/c1-20-12-3-2-11(9-17)8-13(12)21(18,19)15-5-7-16-6-4-14-10-16/h2-4,6,8,10,15,17H,5,7,9H2,1H3. The maximum absolute atomic E-state index is 12.3. The minimum absolute atomic E-state index is 0.0159. The molecule has 7 nitrogen and oxygen atoms in total. The number of imidazole rings is 1. The number of ether oxygens (including phenoxy) is 1. The second kappa shape index (κ2) is 6.70. The van der Waals surface area contributed by atoms with Crippen LogP contribution in [0.5, 0.6) is 5.75 Å². The van der Waals surface area contributed by atoms with Gasteiger partial charge in [-0.3, -0.25) is 0 Å². The lowest BCUT2D eigenvalue weighted by Gasteiger charge is -2.12. The number of aromatic nitrogens is 2. The van der Waals surface area contributed by atoms with Crippen molar-refractivity contribution in [2.24, 2.45) is 0 Å². The van der Waals surface area contributed by atoms with Gasteiger partial charge in [-0.1, -0.05) is 6.07 Å². The van der Waals surface area contributed by atoms with E-state index in [1.807, 2.05) is 0 Å². The van der Waals surface area contributed by atoms with Gasteiger partial charge in [0.2, 0.25) is 10.0 Å². The fourth-order valence-electron chi connectivity index (χ4n) is 1.84. The highest BCUT2D eigenvalue weighted by Crippen LogP contribution is 2.24. The summed E-state index contributed by atoms with van der Waals surface area (Å²) in [7, 11) is -2.31. The summed E-state index contributed by atoms with van der Waals surface area (Å²) >= 11 is 0. The van der Waals surface area contributed by atoms with E-state index in [1.54, 1.807) is 29.4 Å². The number of hydrogen-bond donors (Lipinski definition) is 2. The highest BCUT2D eigenvalue weighted by molar-refractivity contribution is 7.89. The van der Waals surface area contributed by atoms with Crippen molar-refractivity contribution in [3.63, 3.8) is 0 Å². The van der Waals surface area contributed by atoms with Crippen LogP contribution in [0.1, 0.15) is 5.56 Å². The lowest BCUT2D eigenvalue weighted by atomic mass is 10.2. The largest absolute Gasteiger partial charge is 0.495 e. The van der Waals surface area contributed by atoms with Crippen molar-refractivity contribution < 1.29 is 18.3 Å². The van der Waals surface area contributed by atoms with E-state index in [-0.39, 0.29) is 23.8 Å². The van der Waals surface area contributed by atoms with Crippen LogP contribution in [-0.2, 0) is 23.2 Å². The molecular formula is C13H17N3O4S. The number of nitrogens with one attached hydrogen (secondary N) is 1. The van der Waals surface area contributed by atoms with E-state index in [1.165, 1.54) is 19.2 Å². The molecule has 8 heteroatoms. The van der Waals surface area contributed by atoms with E-state index < -0.39 is 10.0 Å². The first-order chi connectivity index (χ1) is 10.1. The van der Waals surface area contributed by atoms with Crippen LogP contribution < -0.4 is 9.46 Å². The zero-order valence-electron chi connectivity index (χ0n) is 11.6. The Morgan fingerprint density at radius 1 is 1.43 bits per heavy atom. The third-order valence-electron chi connectivity index (χ3n) is 2.92. The molecule has 0 aliphatic carbocycles. The topological polar surface area (TPSA) is 93.5 Å². The van der Waals surface area contributed by atoms with Gasteiger partial charge < -0.3 is 14.4 Å². The average Bonchev–Trinajstić information content (AvgIpc) is 2.99. The maximum atomic E-state index is 12.3. The molecular weight excluding hydrogens is 294 g/mol. The Bertz CT molecular complexity index is 683. The summed E-state index contributed by atoms with van der Waals surface area (Å²) in [6.45, 7) is 0.466. The molecule has 0 fully saturated rings. The smallest absolute Gasteiger partial charge is 0.244 e. The minimum atomic E-state index is -3.71. The summed E-state index contributed by atoms with van der Waals surface area (Å²) in [6, 6.07) is 4.54. The van der Waals surface area contributed by atoms with E-state index >= 15 is 0 Å². The third kappa shape index (κ3) is 3.81. The molecule has 0 amide bonds. The number of methoxy groups -OCH3 is 1. The molecule has 1 aromatic carbocycles. The molecule has 0 aliphatic heterocycles. The molecule has 2 N–H and O–H groups in total. The molecule has 0 spiro atoms. The van der Waals surface area contributed by atoms with E-state index in [9.17, 15) is 8.42 Å². The fourth-order valence-corrected chi connectivity index (χ4v) is 3.07. The minimum Gasteiger partial charge on any atom is -0.495 e. The van der Waals surface area contributed by atoms with Gasteiger partial charge in [-0.15, -0.1) is 0 Å². The van der Waals surface area contributed by atoms with Crippen molar-refractivity contribution in [1.29, 1.82) is 0 Å². The predicted octanol–water partition coefficient (Wildman–Crippen LogP) is 0.362. The molecule has 21 heavy (non-hydrogen) atoms. The number of sulfonamides is 1. The molecule has 1 heterocycles. The van der Waals surface area contributed by atoms with E-state index in [0.717, 1.165) is 0 Å². The molecule has 0 atom stereocenters. The predicted molar refractivity (Wildman–Crippen MR) is 76.3 cm³/mol. The second-order valence-corrected chi connectivity index (χ2v) is 6.08. The summed E-state index contributed by atoms with van der Waals surface area (Å²) in [5.41, 5.74) is 0.505. The lowest BCUT2D eigenvalue weighted by Crippen LogP contribution is -2.27. The summed E-state index contributed by atoms with van der Waals surface area (Å²) < 4.78 is 34.0. The fraction of sp³-hybridized carbons (Fsp3) is 0.308. The lowest BCUT2D eigenvalue weighted by molar-refractivity contribution is 0.281. The van der Waals surface area contributed by atoms with Crippen LogP contribution in [0.25, 0.3) is 0 Å². The number of nitrogens with zero attached hydrogens (tertiary/aromatic N) is 2. The van der Waals surface area contributed by atoms with Gasteiger partial charge in [0.25, 0.3) is 0 Å². The van der Waals surface area contributed by atoms with Crippen LogP contribution in [0.4, 0.5) is 0 Å². The first-order valence-corrected chi connectivity index (χ1v) is 7.78. The maximum Gasteiger partial charge on any atom is 0.244 e. The van der Waals surface area contributed by atoms with Crippen LogP contribution in [0, 0.1) is 0 Å². The molecule has 0 bridgehead atoms. The Morgan fingerprint density at radius 3 is 2.86 bits per heavy atom. The Morgan fingerprint density at radius 2 is 2.24 bits per heavy atom. The van der Waals surface area contributed by atoms with Gasteiger partial charge in [-0.25, -0.2) is 18.1 Å². The van der Waals surface area contributed by atoms with Crippen LogP contribution >= 0.6 is 0 Å². The van der Waals surface area contributed by atoms with Crippen molar-refractivity contribution in [1.82, 2.24) is 14.3 Å². The highest BCUT2D eigenvalue weighted by Gasteiger charge is 2.19. The van der Waals surface area contributed by atoms with Crippen LogP contribution in [-0.4, -0.2) is 36.7 Å². The van der Waals surface area contributed by atoms with Crippen molar-refractivity contribution in [3.05, 3.63) is 42.5 Å². The van der Waals surface area contributed by atoms with E-state index in [0.29, 0.717) is 12.1 Å². The molecule has 2 rings (SSSR count). The highest BCUT2D eigenvalue weighted by atomic mass is 32.2. The number of aliphatic hydroxyl groups excluding tert-OH is 1. The number of aliphatic hydroxyl groups is 1. The first-order valence-electron chi connectivity index (χ1n) is 6.30. The average molecular weight is 311 g/mol. The zero-order chi connectivity index (χ0) is 15.3. The SMILES string of the molecule is COc1ccc(CO)cc1S(=O)(=O)NCCn1ccnc1. The van der Waals surface area contributed by atoms with Crippen LogP contribution in [0.3, 0.4) is 0 Å². The normalized spacial score (nSPS) is 11.5. The van der Waals surface area contributed by atoms with Gasteiger partial charge in [0.05, 0.1) is 20.0 Å². The van der Waals surface area contributed by atoms with Gasteiger partial charge in [0.1, 0.15) is 10.6 Å². The molecule has 0 aliphatic rings. The Hall–Kier alpha value is -1.90. The molecule has 0 unspecified atom stereocenters. The Kier molecular flexibility index (Phi) is 4.94. The van der Waals surface area contributed by atoms with Crippen LogP contribution in [0.2, 0.25) is 0 Å². The van der Waals surface area contributed by atoms with Gasteiger partial charge in [-0.05, 0) is 17.7 Å². The van der Waals surface area contributed by atoms with Crippen molar-refractivity contribution in [3.8, 4) is 5.75 Å². The molecule has 1 aromatic heterocycles. The van der Waals surface area contributed by atoms with Crippen molar-refractivity contribution >= 4 is 10.0 Å². The monoisotopic (exact) mass is 311 g/mol. The third-order valence-corrected chi connectivity index (χ3v) is 4.40. The molecule has 2 aromatic rings. The summed E-state index contributed by atoms with van der Waals surface area (Å²) in [5.74, 6) is 0.238. The molecule has 0 radical (unpaired) electrons. The Balaban J connectivity index is 2.14. The summed E-state index contributed by atoms with van der Waals surface area (Å²) in [5, 5.41) is 9.13. The Labute approximate surface area is 123 Å². The first kappa shape index (κ1) is 15.5. The molecule has 0 saturated carbocycles. The number of benzene rings is 1. The van der Waals surface area contributed by atoms with Gasteiger partial charge >= 0.3 is 0 Å². The molecule has 114 valence electrons. The van der Waals surface area contributed by atoms with Gasteiger partial charge in [0, 0.05) is 25.5 Å². The number of hydrogen-bond acceptors (Lipinski definition) is 5. The second-order valence-electron chi connectivity index (χ2n) is 4.34. The van der Waals surface area contributed by atoms with Gasteiger partial charge in [0.15, 0.2) is 0 Å². The van der Waals surface area contributed by atoms with Crippen molar-refractivity contribution in [2.45, 2.75) is 18.0 Å². The van der Waals surface area contributed by atoms with E-state index in [2.05, 4.69) is 9.71 Å². The number of rotatable bonds is 7. The van der Waals surface area contributed by atoms with Crippen molar-refractivity contribution in [2.75, 3.05) is 13.7 Å². The van der Waals surface area contributed by atoms with Gasteiger partial charge in [-0.2, -0.15) is 0 Å². The van der Waals surface area contributed by atoms with Crippen LogP contribution in [0.15, 0.2) is 41.8 Å². The zero-order valence-corrected chi connectivity index (χ0v) is 12.4. The summed E-state index contributed by atoms with van der Waals surface area (Å²) in [6.07, 6.45) is 4.99.